The molecule has 97 valence electrons. The molecule has 0 fully saturated rings. The smallest absolute Gasteiger partial charge is 0.303 e. The summed E-state index contributed by atoms with van der Waals surface area (Å²) in [6.07, 6.45) is 14.4. The Labute approximate surface area is 119 Å². The van der Waals surface area contributed by atoms with Gasteiger partial charge >= 0.3 is 5.97 Å². The molecule has 0 aromatic carbocycles. The molecule has 0 heterocycles. The molecule has 1 radical (unpaired) electrons. The van der Waals surface area contributed by atoms with Crippen molar-refractivity contribution in [1.29, 1.82) is 0 Å². The molecule has 0 rings (SSSR count). The van der Waals surface area contributed by atoms with Crippen molar-refractivity contribution in [3.05, 3.63) is 0 Å². The molecule has 0 amide bonds. The molecule has 1 N–H and O–H groups in total. The van der Waals surface area contributed by atoms with Crippen LogP contribution < -0.4 is 0 Å². The van der Waals surface area contributed by atoms with E-state index in [1.165, 1.54) is 57.8 Å². The normalized spacial score (nSPS) is 9.94. The van der Waals surface area contributed by atoms with Crippen LogP contribution >= 0.6 is 0 Å². The fourth-order valence-electron chi connectivity index (χ4n) is 1.94. The molecule has 0 aromatic rings. The second-order valence-electron chi connectivity index (χ2n) is 4.68. The van der Waals surface area contributed by atoms with E-state index >= 15 is 0 Å². The predicted molar refractivity (Wildman–Crippen MR) is 74.5 cm³/mol. The molecule has 0 aliphatic carbocycles. The van der Waals surface area contributed by atoms with E-state index in [2.05, 4.69) is 6.92 Å². The maximum atomic E-state index is 10.3. The second kappa shape index (κ2) is 16.1. The van der Waals surface area contributed by atoms with Crippen LogP contribution in [0.25, 0.3) is 0 Å². The van der Waals surface area contributed by atoms with Crippen LogP contribution in [0.4, 0.5) is 0 Å². The molecule has 0 aliphatic heterocycles. The zero-order chi connectivity index (χ0) is 12.1. The molecule has 0 saturated carbocycles. The zero-order valence-corrected chi connectivity index (χ0v) is 11.8. The van der Waals surface area contributed by atoms with E-state index in [-0.39, 0.29) is 18.9 Å². The zero-order valence-electron chi connectivity index (χ0n) is 11.8. The summed E-state index contributed by atoms with van der Waals surface area (Å²) in [7, 11) is 0. The first-order valence-corrected chi connectivity index (χ1v) is 6.99. The topological polar surface area (TPSA) is 37.3 Å². The molecular weight excluding hydrogens is 207 g/mol. The van der Waals surface area contributed by atoms with Crippen molar-refractivity contribution in [2.24, 2.45) is 0 Å². The van der Waals surface area contributed by atoms with Crippen LogP contribution in [0.2, 0.25) is 0 Å². The van der Waals surface area contributed by atoms with Crippen molar-refractivity contribution in [2.75, 3.05) is 0 Å². The Morgan fingerprint density at radius 1 is 0.765 bits per heavy atom. The Hall–Kier alpha value is 0.0674. The van der Waals surface area contributed by atoms with Crippen molar-refractivity contribution in [3.8, 4) is 0 Å². The summed E-state index contributed by atoms with van der Waals surface area (Å²) in [6.45, 7) is 2.25. The summed E-state index contributed by atoms with van der Waals surface area (Å²) >= 11 is 0. The number of aliphatic carboxylic acids is 1. The third-order valence-corrected chi connectivity index (χ3v) is 2.99. The van der Waals surface area contributed by atoms with Crippen LogP contribution in [0, 0.1) is 0 Å². The van der Waals surface area contributed by atoms with Crippen LogP contribution in [0.1, 0.15) is 84.0 Å². The molecule has 0 aliphatic rings. The molecule has 0 bridgehead atoms. The first-order chi connectivity index (χ1) is 7.77. The van der Waals surface area contributed by atoms with Gasteiger partial charge in [-0.2, -0.15) is 0 Å². The van der Waals surface area contributed by atoms with Gasteiger partial charge in [0.2, 0.25) is 0 Å². The van der Waals surface area contributed by atoms with Gasteiger partial charge in [-0.15, -0.1) is 0 Å². The Bertz CT molecular complexity index is 160. The number of hydrogen-bond donors (Lipinski definition) is 1. The average molecular weight is 235 g/mol. The maximum Gasteiger partial charge on any atom is 0.303 e. The fourth-order valence-corrected chi connectivity index (χ4v) is 1.94. The van der Waals surface area contributed by atoms with Gasteiger partial charge < -0.3 is 5.11 Å². The van der Waals surface area contributed by atoms with E-state index in [1.807, 2.05) is 0 Å². The minimum absolute atomic E-state index is 0. The number of carbonyl (C=O) groups is 1. The SMILES string of the molecule is CCCCCCCCCCCCCC(=O)O.[Li]. The molecule has 3 heteroatoms. The van der Waals surface area contributed by atoms with E-state index in [0.717, 1.165) is 12.8 Å². The van der Waals surface area contributed by atoms with Gasteiger partial charge in [-0.05, 0) is 6.42 Å². The van der Waals surface area contributed by atoms with Crippen molar-refractivity contribution in [2.45, 2.75) is 84.0 Å². The first kappa shape index (κ1) is 19.4. The van der Waals surface area contributed by atoms with Crippen LogP contribution in [-0.2, 0) is 4.79 Å². The molecule has 0 saturated heterocycles. The van der Waals surface area contributed by atoms with Crippen molar-refractivity contribution in [1.82, 2.24) is 0 Å². The number of carboxylic acid groups (broad SMARTS) is 1. The van der Waals surface area contributed by atoms with E-state index < -0.39 is 5.97 Å². The van der Waals surface area contributed by atoms with Gasteiger partial charge in [0.05, 0.1) is 0 Å². The quantitative estimate of drug-likeness (QED) is 0.402. The largest absolute Gasteiger partial charge is 0.481 e. The summed E-state index contributed by atoms with van der Waals surface area (Å²) in [5.74, 6) is -0.657. The van der Waals surface area contributed by atoms with Crippen molar-refractivity contribution < 1.29 is 9.90 Å². The summed E-state index contributed by atoms with van der Waals surface area (Å²) < 4.78 is 0. The van der Waals surface area contributed by atoms with E-state index in [9.17, 15) is 4.79 Å². The van der Waals surface area contributed by atoms with E-state index in [1.54, 1.807) is 0 Å². The maximum absolute atomic E-state index is 10.3. The van der Waals surface area contributed by atoms with E-state index in [0.29, 0.717) is 6.42 Å². The predicted octanol–water partition coefficient (Wildman–Crippen LogP) is 4.39. The Balaban J connectivity index is 0. The van der Waals surface area contributed by atoms with Gasteiger partial charge in [-0.1, -0.05) is 71.1 Å². The average Bonchev–Trinajstić information content (AvgIpc) is 2.25. The molecule has 17 heavy (non-hydrogen) atoms. The summed E-state index contributed by atoms with van der Waals surface area (Å²) in [4.78, 5) is 10.3. The number of rotatable bonds is 12. The third-order valence-electron chi connectivity index (χ3n) is 2.99. The Morgan fingerprint density at radius 2 is 1.12 bits per heavy atom. The molecule has 0 unspecified atom stereocenters. The van der Waals surface area contributed by atoms with Gasteiger partial charge in [0, 0.05) is 25.3 Å². The van der Waals surface area contributed by atoms with Crippen LogP contribution in [-0.4, -0.2) is 29.9 Å². The minimum atomic E-state index is -0.657. The standard InChI is InChI=1S/C14H28O2.Li/c1-2-3-4-5-6-7-8-9-10-11-12-13-14(15)16;/h2-13H2,1H3,(H,15,16);. The Kier molecular flexibility index (Phi) is 18.3. The van der Waals surface area contributed by atoms with Gasteiger partial charge in [-0.3, -0.25) is 4.79 Å². The summed E-state index contributed by atoms with van der Waals surface area (Å²) in [5, 5.41) is 8.46. The summed E-state index contributed by atoms with van der Waals surface area (Å²) in [6, 6.07) is 0. The Morgan fingerprint density at radius 3 is 1.47 bits per heavy atom. The number of unbranched alkanes of at least 4 members (excludes halogenated alkanes) is 10. The summed E-state index contributed by atoms with van der Waals surface area (Å²) in [5.41, 5.74) is 0. The molecular formula is C14H28LiO2. The van der Waals surface area contributed by atoms with Gasteiger partial charge in [0.25, 0.3) is 0 Å². The van der Waals surface area contributed by atoms with E-state index in [4.69, 9.17) is 5.11 Å². The number of carboxylic acids is 1. The van der Waals surface area contributed by atoms with Gasteiger partial charge in [-0.25, -0.2) is 0 Å². The molecule has 0 atom stereocenters. The van der Waals surface area contributed by atoms with Crippen molar-refractivity contribution in [3.63, 3.8) is 0 Å². The molecule has 0 aromatic heterocycles. The third kappa shape index (κ3) is 18.6. The second-order valence-corrected chi connectivity index (χ2v) is 4.68. The first-order valence-electron chi connectivity index (χ1n) is 6.99. The van der Waals surface area contributed by atoms with Crippen LogP contribution in [0.5, 0.6) is 0 Å². The minimum Gasteiger partial charge on any atom is -0.481 e. The van der Waals surface area contributed by atoms with Gasteiger partial charge in [0.15, 0.2) is 0 Å². The monoisotopic (exact) mass is 235 g/mol. The molecule has 0 spiro atoms. The molecule has 2 nitrogen and oxygen atoms in total. The number of hydrogen-bond acceptors (Lipinski definition) is 1. The fraction of sp³-hybridized carbons (Fsp3) is 0.929. The van der Waals surface area contributed by atoms with Gasteiger partial charge in [0.1, 0.15) is 0 Å². The van der Waals surface area contributed by atoms with Crippen LogP contribution in [0.15, 0.2) is 0 Å². The van der Waals surface area contributed by atoms with Crippen LogP contribution in [0.3, 0.4) is 0 Å². The van der Waals surface area contributed by atoms with Crippen molar-refractivity contribution >= 4 is 24.8 Å².